The third-order valence-electron chi connectivity index (χ3n) is 5.50. The molecule has 9 nitrogen and oxygen atoms in total. The van der Waals surface area contributed by atoms with Crippen LogP contribution in [0.1, 0.15) is 11.1 Å². The number of carbonyl (C=O) groups excluding carboxylic acids is 2. The van der Waals surface area contributed by atoms with E-state index < -0.39 is 6.09 Å². The Bertz CT molecular complexity index is 936. The molecule has 10 heteroatoms. The summed E-state index contributed by atoms with van der Waals surface area (Å²) in [5, 5.41) is 2.53. The van der Waals surface area contributed by atoms with Gasteiger partial charge in [-0.25, -0.2) is 4.79 Å². The van der Waals surface area contributed by atoms with Crippen molar-refractivity contribution in [3.05, 3.63) is 53.6 Å². The number of nitrogens with one attached hydrogen (secondary N) is 1. The first-order chi connectivity index (χ1) is 16.0. The van der Waals surface area contributed by atoms with Crippen molar-refractivity contribution in [3.8, 4) is 17.2 Å². The first-order valence-corrected chi connectivity index (χ1v) is 10.8. The van der Waals surface area contributed by atoms with Crippen molar-refractivity contribution in [2.24, 2.45) is 0 Å². The van der Waals surface area contributed by atoms with Crippen LogP contribution in [-0.4, -0.2) is 75.9 Å². The van der Waals surface area contributed by atoms with Gasteiger partial charge in [0.2, 0.25) is 11.7 Å². The zero-order valence-corrected chi connectivity index (χ0v) is 20.6. The smallest absolute Gasteiger partial charge is 0.407 e. The third kappa shape index (κ3) is 7.16. The number of methoxy groups -OCH3 is 3. The summed E-state index contributed by atoms with van der Waals surface area (Å²) < 4.78 is 21.5. The fraction of sp³-hybridized carbons (Fsp3) is 0.417. The molecule has 0 bridgehead atoms. The zero-order valence-electron chi connectivity index (χ0n) is 19.7. The molecule has 0 aromatic heterocycles. The van der Waals surface area contributed by atoms with Crippen LogP contribution in [0, 0.1) is 0 Å². The Hall–Kier alpha value is -3.17. The van der Waals surface area contributed by atoms with Gasteiger partial charge in [0.1, 0.15) is 13.2 Å². The predicted octanol–water partition coefficient (Wildman–Crippen LogP) is 2.70. The average molecular weight is 494 g/mol. The Balaban J connectivity index is 0.00000408. The molecular formula is C24H32ClN3O6. The molecule has 0 aliphatic carbocycles. The van der Waals surface area contributed by atoms with Crippen molar-refractivity contribution in [2.45, 2.75) is 13.2 Å². The van der Waals surface area contributed by atoms with Crippen LogP contribution in [0.2, 0.25) is 0 Å². The van der Waals surface area contributed by atoms with Gasteiger partial charge < -0.3 is 29.2 Å². The molecule has 2 aromatic rings. The summed E-state index contributed by atoms with van der Waals surface area (Å²) in [7, 11) is 4.78. The lowest BCUT2D eigenvalue weighted by atomic mass is 10.1. The fourth-order valence-electron chi connectivity index (χ4n) is 3.72. The molecule has 0 unspecified atom stereocenters. The van der Waals surface area contributed by atoms with Crippen molar-refractivity contribution in [2.75, 3.05) is 54.1 Å². The summed E-state index contributed by atoms with van der Waals surface area (Å²) in [5.74, 6) is 1.70. The molecule has 1 aliphatic rings. The van der Waals surface area contributed by atoms with Crippen molar-refractivity contribution in [1.29, 1.82) is 0 Å². The van der Waals surface area contributed by atoms with E-state index in [9.17, 15) is 9.59 Å². The standard InChI is InChI=1S/C24H31N3O6.ClH/c1-30-20-10-9-19(22(31-2)23(20)32-3)16-26-11-13-27(14-12-26)21(28)15-25-24(29)33-17-18-7-5-4-6-8-18;/h4-10H,11-17H2,1-3H3,(H,25,29);1H. The van der Waals surface area contributed by atoms with Crippen molar-refractivity contribution in [1.82, 2.24) is 15.1 Å². The largest absolute Gasteiger partial charge is 0.493 e. The van der Waals surface area contributed by atoms with Gasteiger partial charge in [-0.1, -0.05) is 36.4 Å². The lowest BCUT2D eigenvalue weighted by molar-refractivity contribution is -0.132. The van der Waals surface area contributed by atoms with Gasteiger partial charge in [0.15, 0.2) is 11.5 Å². The van der Waals surface area contributed by atoms with Gasteiger partial charge in [-0.15, -0.1) is 12.4 Å². The van der Waals surface area contributed by atoms with E-state index in [1.807, 2.05) is 42.5 Å². The average Bonchev–Trinajstić information content (AvgIpc) is 2.86. The lowest BCUT2D eigenvalue weighted by Gasteiger charge is -2.35. The highest BCUT2D eigenvalue weighted by molar-refractivity contribution is 5.85. The molecule has 0 saturated carbocycles. The number of nitrogens with zero attached hydrogens (tertiary/aromatic N) is 2. The second-order valence-electron chi connectivity index (χ2n) is 7.57. The van der Waals surface area contributed by atoms with Crippen LogP contribution in [0.15, 0.2) is 42.5 Å². The van der Waals surface area contributed by atoms with E-state index in [2.05, 4.69) is 10.2 Å². The van der Waals surface area contributed by atoms with E-state index in [0.717, 1.165) is 11.1 Å². The number of rotatable bonds is 9. The SMILES string of the molecule is COc1ccc(CN2CCN(C(=O)CNC(=O)OCc3ccccc3)CC2)c(OC)c1OC.Cl. The van der Waals surface area contributed by atoms with Gasteiger partial charge in [-0.3, -0.25) is 9.69 Å². The molecule has 0 spiro atoms. The van der Waals surface area contributed by atoms with Gasteiger partial charge >= 0.3 is 6.09 Å². The van der Waals surface area contributed by atoms with Crippen LogP contribution < -0.4 is 19.5 Å². The Labute approximate surface area is 206 Å². The number of benzene rings is 2. The highest BCUT2D eigenvalue weighted by Gasteiger charge is 2.24. The number of halogens is 1. The van der Waals surface area contributed by atoms with Gasteiger partial charge in [0.05, 0.1) is 21.3 Å². The maximum atomic E-state index is 12.5. The highest BCUT2D eigenvalue weighted by atomic mass is 35.5. The monoisotopic (exact) mass is 493 g/mol. The molecule has 1 aliphatic heterocycles. The predicted molar refractivity (Wildman–Crippen MR) is 130 cm³/mol. The van der Waals surface area contributed by atoms with Gasteiger partial charge in [0.25, 0.3) is 0 Å². The fourth-order valence-corrected chi connectivity index (χ4v) is 3.72. The van der Waals surface area contributed by atoms with Crippen molar-refractivity contribution < 1.29 is 28.5 Å². The number of hydrogen-bond acceptors (Lipinski definition) is 7. The van der Waals surface area contributed by atoms with E-state index in [4.69, 9.17) is 18.9 Å². The van der Waals surface area contributed by atoms with Crippen LogP contribution in [0.4, 0.5) is 4.79 Å². The van der Waals surface area contributed by atoms with Crippen LogP contribution in [0.3, 0.4) is 0 Å². The summed E-state index contributed by atoms with van der Waals surface area (Å²) in [6.07, 6.45) is -0.605. The Morgan fingerprint density at radius 2 is 1.56 bits per heavy atom. The number of amides is 2. The zero-order chi connectivity index (χ0) is 23.6. The molecule has 3 rings (SSSR count). The van der Waals surface area contributed by atoms with E-state index in [1.165, 1.54) is 0 Å². The van der Waals surface area contributed by atoms with E-state index in [0.29, 0.717) is 50.0 Å². The van der Waals surface area contributed by atoms with Crippen LogP contribution in [0.25, 0.3) is 0 Å². The minimum atomic E-state index is -0.605. The van der Waals surface area contributed by atoms with E-state index in [1.54, 1.807) is 26.2 Å². The van der Waals surface area contributed by atoms with Crippen LogP contribution in [0.5, 0.6) is 17.2 Å². The minimum Gasteiger partial charge on any atom is -0.493 e. The molecule has 1 saturated heterocycles. The Morgan fingerprint density at radius 3 is 2.18 bits per heavy atom. The molecule has 34 heavy (non-hydrogen) atoms. The van der Waals surface area contributed by atoms with E-state index >= 15 is 0 Å². The summed E-state index contributed by atoms with van der Waals surface area (Å²) in [4.78, 5) is 28.4. The number of carbonyl (C=O) groups is 2. The van der Waals surface area contributed by atoms with Gasteiger partial charge in [-0.2, -0.15) is 0 Å². The highest BCUT2D eigenvalue weighted by Crippen LogP contribution is 2.40. The van der Waals surface area contributed by atoms with Crippen molar-refractivity contribution >= 4 is 24.4 Å². The summed E-state index contributed by atoms with van der Waals surface area (Å²) in [5.41, 5.74) is 1.87. The summed E-state index contributed by atoms with van der Waals surface area (Å²) in [6, 6.07) is 13.2. The number of alkyl carbamates (subject to hydrolysis) is 1. The number of piperazine rings is 1. The molecule has 2 aromatic carbocycles. The minimum absolute atomic E-state index is 0. The Kier molecular flexibility index (Phi) is 10.8. The molecule has 186 valence electrons. The first kappa shape index (κ1) is 27.1. The first-order valence-electron chi connectivity index (χ1n) is 10.8. The maximum Gasteiger partial charge on any atom is 0.407 e. The van der Waals surface area contributed by atoms with Crippen molar-refractivity contribution in [3.63, 3.8) is 0 Å². The molecule has 1 fully saturated rings. The van der Waals surface area contributed by atoms with Gasteiger partial charge in [0, 0.05) is 38.3 Å². The normalized spacial score (nSPS) is 13.4. The van der Waals surface area contributed by atoms with E-state index in [-0.39, 0.29) is 31.5 Å². The third-order valence-corrected chi connectivity index (χ3v) is 5.50. The maximum absolute atomic E-state index is 12.5. The van der Waals surface area contributed by atoms with Gasteiger partial charge in [-0.05, 0) is 11.6 Å². The second-order valence-corrected chi connectivity index (χ2v) is 7.57. The molecule has 2 amide bonds. The summed E-state index contributed by atoms with van der Waals surface area (Å²) in [6.45, 7) is 3.32. The molecule has 0 atom stereocenters. The number of ether oxygens (including phenoxy) is 4. The molecular weight excluding hydrogens is 462 g/mol. The topological polar surface area (TPSA) is 89.6 Å². The second kappa shape index (κ2) is 13.5. The number of hydrogen-bond donors (Lipinski definition) is 1. The summed E-state index contributed by atoms with van der Waals surface area (Å²) >= 11 is 0. The molecule has 0 radical (unpaired) electrons. The molecule has 1 heterocycles. The van der Waals surface area contributed by atoms with Crippen LogP contribution in [-0.2, 0) is 22.7 Å². The Morgan fingerprint density at radius 1 is 0.882 bits per heavy atom. The van der Waals surface area contributed by atoms with Crippen LogP contribution >= 0.6 is 12.4 Å². The molecule has 1 N–H and O–H groups in total. The quantitative estimate of drug-likeness (QED) is 0.574. The lowest BCUT2D eigenvalue weighted by Crippen LogP contribution is -2.50.